The molecule has 0 radical (unpaired) electrons. The van der Waals surface area contributed by atoms with Crippen molar-refractivity contribution in [1.29, 1.82) is 0 Å². The third-order valence-corrected chi connectivity index (χ3v) is 7.78. The topological polar surface area (TPSA) is 102 Å². The van der Waals surface area contributed by atoms with Gasteiger partial charge in [-0.3, -0.25) is 9.59 Å². The second-order valence-electron chi connectivity index (χ2n) is 7.92. The number of anilines is 1. The Balaban J connectivity index is 1.96. The Morgan fingerprint density at radius 2 is 1.51 bits per heavy atom. The highest BCUT2D eigenvalue weighted by Gasteiger charge is 2.32. The summed E-state index contributed by atoms with van der Waals surface area (Å²) in [6.45, 7) is 1.95. The lowest BCUT2D eigenvalue weighted by molar-refractivity contribution is -0.132. The van der Waals surface area contributed by atoms with Gasteiger partial charge in [0.05, 0.1) is 31.0 Å². The van der Waals surface area contributed by atoms with Crippen molar-refractivity contribution in [3.8, 4) is 11.5 Å². The van der Waals surface area contributed by atoms with Gasteiger partial charge in [-0.15, -0.1) is 0 Å². The van der Waals surface area contributed by atoms with Crippen LogP contribution in [0.1, 0.15) is 22.7 Å². The van der Waals surface area contributed by atoms with Crippen LogP contribution in [0.15, 0.2) is 66.4 Å². The average molecular weight is 734 g/mol. The molecule has 3 rings (SSSR count). The van der Waals surface area contributed by atoms with E-state index in [1.807, 2.05) is 31.2 Å². The number of ether oxygens (including phenoxy) is 1. The lowest BCUT2D eigenvalue weighted by Crippen LogP contribution is -2.37. The number of benzene rings is 3. The molecule has 0 aliphatic carbocycles. The maximum atomic E-state index is 13.6. The molecule has 0 fully saturated rings. The van der Waals surface area contributed by atoms with Crippen LogP contribution < -0.4 is 15.8 Å². The smallest absolute Gasteiger partial charge is 0.235 e. The molecule has 0 aromatic heterocycles. The van der Waals surface area contributed by atoms with E-state index in [-0.39, 0.29) is 12.2 Å². The van der Waals surface area contributed by atoms with Crippen molar-refractivity contribution in [3.05, 3.63) is 83.1 Å². The quantitative estimate of drug-likeness (QED) is 0.174. The molecule has 0 bridgehead atoms. The van der Waals surface area contributed by atoms with Crippen LogP contribution in [0, 0.1) is 12.8 Å². The van der Waals surface area contributed by atoms with Gasteiger partial charge >= 0.3 is 0 Å². The summed E-state index contributed by atoms with van der Waals surface area (Å²) in [7, 11) is 1.55. The summed E-state index contributed by atoms with van der Waals surface area (Å²) in [6, 6.07) is 13.1. The Bertz CT molecular complexity index is 1220. The largest absolute Gasteiger partial charge is 0.506 e. The van der Waals surface area contributed by atoms with Gasteiger partial charge in [0.2, 0.25) is 5.91 Å². The highest BCUT2D eigenvalue weighted by molar-refractivity contribution is 9.11. The molecule has 2 unspecified atom stereocenters. The van der Waals surface area contributed by atoms with E-state index >= 15 is 0 Å². The van der Waals surface area contributed by atoms with Crippen molar-refractivity contribution in [2.75, 3.05) is 12.4 Å². The molecule has 0 heterocycles. The van der Waals surface area contributed by atoms with E-state index in [0.717, 1.165) is 11.1 Å². The van der Waals surface area contributed by atoms with E-state index in [9.17, 15) is 14.7 Å². The molecule has 0 aliphatic heterocycles. The van der Waals surface area contributed by atoms with E-state index in [1.54, 1.807) is 31.4 Å². The lowest BCUT2D eigenvalue weighted by atomic mass is 9.88. The number of ketones is 1. The molecule has 35 heavy (non-hydrogen) atoms. The highest BCUT2D eigenvalue weighted by Crippen LogP contribution is 2.37. The van der Waals surface area contributed by atoms with E-state index in [4.69, 9.17) is 10.5 Å². The first-order valence-corrected chi connectivity index (χ1v) is 13.6. The molecule has 6 nitrogen and oxygen atoms in total. The Morgan fingerprint density at radius 1 is 0.971 bits per heavy atom. The van der Waals surface area contributed by atoms with Gasteiger partial charge in [-0.1, -0.05) is 29.8 Å². The molecule has 0 aliphatic rings. The lowest BCUT2D eigenvalue weighted by Gasteiger charge is -2.21. The molecule has 0 spiro atoms. The number of nitrogens with one attached hydrogen (secondary N) is 1. The number of methoxy groups -OCH3 is 1. The molecular formula is C25H22Br4N2O4. The van der Waals surface area contributed by atoms with Gasteiger partial charge in [0, 0.05) is 5.69 Å². The second kappa shape index (κ2) is 12.0. The number of rotatable bonds is 8. The number of amides is 1. The van der Waals surface area contributed by atoms with Crippen LogP contribution in [0.5, 0.6) is 11.5 Å². The Hall–Kier alpha value is -1.72. The van der Waals surface area contributed by atoms with Crippen molar-refractivity contribution < 1.29 is 19.4 Å². The van der Waals surface area contributed by atoms with Gasteiger partial charge in [-0.05, 0) is 112 Å². The van der Waals surface area contributed by atoms with Crippen molar-refractivity contribution in [2.24, 2.45) is 11.7 Å². The summed E-state index contributed by atoms with van der Waals surface area (Å²) in [5.41, 5.74) is 9.15. The summed E-state index contributed by atoms with van der Waals surface area (Å²) < 4.78 is 7.51. The number of carbonyl (C=O) groups is 2. The fourth-order valence-electron chi connectivity index (χ4n) is 3.51. The number of nitrogens with two attached hydrogens (primary N) is 1. The summed E-state index contributed by atoms with van der Waals surface area (Å²) in [5.74, 6) is -1.39. The Kier molecular flexibility index (Phi) is 9.56. The standard InChI is InChI=1S/C25H22Br4N2O4/c1-12-3-5-14(6-4-12)21(30)22(32)16(7-13-8-19(28)24(35-2)20(29)9-13)25(34)31-15-10-17(26)23(33)18(27)11-15/h3-6,8-11,16,21,33H,7,30H2,1-2H3,(H,31,34). The first-order chi connectivity index (χ1) is 16.5. The number of hydrogen-bond donors (Lipinski definition) is 3. The van der Waals surface area contributed by atoms with Gasteiger partial charge in [-0.25, -0.2) is 0 Å². The maximum Gasteiger partial charge on any atom is 0.235 e. The van der Waals surface area contributed by atoms with Crippen molar-refractivity contribution >= 4 is 81.1 Å². The van der Waals surface area contributed by atoms with Crippen LogP contribution in [-0.4, -0.2) is 23.9 Å². The van der Waals surface area contributed by atoms with Crippen molar-refractivity contribution in [1.82, 2.24) is 0 Å². The second-order valence-corrected chi connectivity index (χ2v) is 11.3. The molecule has 1 amide bonds. The third-order valence-electron chi connectivity index (χ3n) is 5.39. The number of phenols is 1. The first-order valence-electron chi connectivity index (χ1n) is 10.4. The molecule has 3 aromatic rings. The summed E-state index contributed by atoms with van der Waals surface area (Å²) in [6.07, 6.45) is 0.117. The normalized spacial score (nSPS) is 12.7. The number of hydrogen-bond acceptors (Lipinski definition) is 5. The average Bonchev–Trinajstić information content (AvgIpc) is 2.80. The molecule has 184 valence electrons. The van der Waals surface area contributed by atoms with Crippen molar-refractivity contribution in [2.45, 2.75) is 19.4 Å². The van der Waals surface area contributed by atoms with Gasteiger partial charge in [0.1, 0.15) is 17.4 Å². The molecule has 3 aromatic carbocycles. The molecule has 10 heteroatoms. The molecule has 0 saturated heterocycles. The fraction of sp³-hybridized carbons (Fsp3) is 0.200. The SMILES string of the molecule is COc1c(Br)cc(CC(C(=O)Nc2cc(Br)c(O)c(Br)c2)C(=O)C(N)c2ccc(C)cc2)cc1Br. The van der Waals surface area contributed by atoms with Crippen LogP contribution in [-0.2, 0) is 16.0 Å². The van der Waals surface area contributed by atoms with Crippen molar-refractivity contribution in [3.63, 3.8) is 0 Å². The van der Waals surface area contributed by atoms with E-state index < -0.39 is 23.7 Å². The molecule has 0 saturated carbocycles. The van der Waals surface area contributed by atoms with Gasteiger partial charge in [-0.2, -0.15) is 0 Å². The zero-order valence-corrected chi connectivity index (χ0v) is 25.1. The monoisotopic (exact) mass is 730 g/mol. The zero-order valence-electron chi connectivity index (χ0n) is 18.7. The summed E-state index contributed by atoms with van der Waals surface area (Å²) in [5, 5.41) is 12.8. The summed E-state index contributed by atoms with van der Waals surface area (Å²) >= 11 is 13.5. The number of halogens is 4. The minimum atomic E-state index is -1.08. The molecular weight excluding hydrogens is 712 g/mol. The predicted molar refractivity (Wildman–Crippen MR) is 151 cm³/mol. The predicted octanol–water partition coefficient (Wildman–Crippen LogP) is 6.83. The van der Waals surface area contributed by atoms with E-state index in [1.165, 1.54) is 0 Å². The third kappa shape index (κ3) is 6.74. The van der Waals surface area contributed by atoms with Crippen LogP contribution >= 0.6 is 63.7 Å². The van der Waals surface area contributed by atoms with Crippen LogP contribution in [0.2, 0.25) is 0 Å². The zero-order chi connectivity index (χ0) is 25.9. The number of aryl methyl sites for hydroxylation is 1. The van der Waals surface area contributed by atoms with Gasteiger partial charge in [0.15, 0.2) is 5.78 Å². The maximum absolute atomic E-state index is 13.6. The minimum absolute atomic E-state index is 0.00459. The first kappa shape index (κ1) is 27.9. The number of phenolic OH excluding ortho intramolecular Hbond substituents is 1. The number of carbonyl (C=O) groups excluding carboxylic acids is 2. The van der Waals surface area contributed by atoms with Crippen LogP contribution in [0.4, 0.5) is 5.69 Å². The number of aromatic hydroxyl groups is 1. The molecule has 4 N–H and O–H groups in total. The van der Waals surface area contributed by atoms with Gasteiger partial charge < -0.3 is 20.9 Å². The Labute approximate surface area is 237 Å². The summed E-state index contributed by atoms with van der Waals surface area (Å²) in [4.78, 5) is 27.0. The Morgan fingerprint density at radius 3 is 2.03 bits per heavy atom. The highest BCUT2D eigenvalue weighted by atomic mass is 79.9. The molecule has 2 atom stereocenters. The van der Waals surface area contributed by atoms with E-state index in [0.29, 0.717) is 34.9 Å². The number of Topliss-reactive ketones (excluding diaryl/α,β-unsaturated/α-hetero) is 1. The van der Waals surface area contributed by atoms with Crippen LogP contribution in [0.25, 0.3) is 0 Å². The van der Waals surface area contributed by atoms with Crippen LogP contribution in [0.3, 0.4) is 0 Å². The fourth-order valence-corrected chi connectivity index (χ4v) is 6.30. The van der Waals surface area contributed by atoms with Gasteiger partial charge in [0.25, 0.3) is 0 Å². The van der Waals surface area contributed by atoms with E-state index in [2.05, 4.69) is 69.0 Å². The minimum Gasteiger partial charge on any atom is -0.506 e.